The zero-order chi connectivity index (χ0) is 12.7. The maximum atomic E-state index is 2.77. The zero-order valence-electron chi connectivity index (χ0n) is 12.4. The molecule has 3 fully saturated rings. The van der Waals surface area contributed by atoms with E-state index in [0.29, 0.717) is 0 Å². The van der Waals surface area contributed by atoms with Gasteiger partial charge in [-0.2, -0.15) is 0 Å². The van der Waals surface area contributed by atoms with E-state index in [4.69, 9.17) is 0 Å². The third kappa shape index (κ3) is 2.46. The monoisotopic (exact) mass is 250 g/mol. The number of fused-ring (bicyclic) bond motifs is 1. The molecule has 2 atom stereocenters. The van der Waals surface area contributed by atoms with Crippen molar-refractivity contribution in [1.29, 1.82) is 0 Å². The molecule has 2 heteroatoms. The second-order valence-electron chi connectivity index (χ2n) is 7.19. The van der Waals surface area contributed by atoms with Gasteiger partial charge in [-0.05, 0) is 63.5 Å². The molecule has 1 aliphatic carbocycles. The van der Waals surface area contributed by atoms with Gasteiger partial charge in [-0.1, -0.05) is 13.3 Å². The van der Waals surface area contributed by atoms with E-state index in [1.165, 1.54) is 52.0 Å². The summed E-state index contributed by atoms with van der Waals surface area (Å²) in [6, 6.07) is 0.746. The van der Waals surface area contributed by atoms with Gasteiger partial charge >= 0.3 is 0 Å². The van der Waals surface area contributed by atoms with Crippen molar-refractivity contribution in [2.75, 3.05) is 32.7 Å². The SMILES string of the molecule is CCC1C2CN(CC3CCN(C(C)C)CC3)CC12. The minimum absolute atomic E-state index is 0.746. The molecule has 0 aromatic carbocycles. The van der Waals surface area contributed by atoms with Gasteiger partial charge in [0.05, 0.1) is 0 Å². The molecule has 0 N–H and O–H groups in total. The van der Waals surface area contributed by atoms with E-state index in [0.717, 1.165) is 29.7 Å². The highest BCUT2D eigenvalue weighted by Gasteiger charge is 2.54. The van der Waals surface area contributed by atoms with Crippen LogP contribution in [0.15, 0.2) is 0 Å². The molecule has 0 spiro atoms. The Kier molecular flexibility index (Phi) is 3.68. The Hall–Kier alpha value is -0.0800. The minimum atomic E-state index is 0.746. The summed E-state index contributed by atoms with van der Waals surface area (Å²) in [5.74, 6) is 4.26. The standard InChI is InChI=1S/C16H30N2/c1-4-14-15-10-17(11-16(14)15)9-13-5-7-18(8-6-13)12(2)3/h12-16H,4-11H2,1-3H3. The number of hydrogen-bond acceptors (Lipinski definition) is 2. The molecule has 18 heavy (non-hydrogen) atoms. The highest BCUT2D eigenvalue weighted by molar-refractivity contribution is 5.04. The highest BCUT2D eigenvalue weighted by atomic mass is 15.2. The van der Waals surface area contributed by atoms with Gasteiger partial charge in [0.15, 0.2) is 0 Å². The van der Waals surface area contributed by atoms with Crippen molar-refractivity contribution in [3.8, 4) is 0 Å². The number of piperidine rings is 2. The second-order valence-corrected chi connectivity index (χ2v) is 7.19. The van der Waals surface area contributed by atoms with Gasteiger partial charge in [0, 0.05) is 25.7 Å². The van der Waals surface area contributed by atoms with Gasteiger partial charge in [0.1, 0.15) is 0 Å². The fourth-order valence-electron chi connectivity index (χ4n) is 4.51. The summed E-state index contributed by atoms with van der Waals surface area (Å²) in [5.41, 5.74) is 0. The van der Waals surface area contributed by atoms with Crippen LogP contribution in [-0.2, 0) is 0 Å². The van der Waals surface area contributed by atoms with E-state index < -0.39 is 0 Å². The van der Waals surface area contributed by atoms with Crippen LogP contribution >= 0.6 is 0 Å². The molecule has 2 heterocycles. The van der Waals surface area contributed by atoms with Crippen molar-refractivity contribution in [2.24, 2.45) is 23.7 Å². The van der Waals surface area contributed by atoms with Crippen molar-refractivity contribution in [3.63, 3.8) is 0 Å². The van der Waals surface area contributed by atoms with E-state index in [1.54, 1.807) is 0 Å². The summed E-state index contributed by atoms with van der Waals surface area (Å²) in [6.45, 7) is 13.9. The summed E-state index contributed by atoms with van der Waals surface area (Å²) in [7, 11) is 0. The third-order valence-corrected chi connectivity index (χ3v) is 5.81. The second kappa shape index (κ2) is 5.13. The summed E-state index contributed by atoms with van der Waals surface area (Å²) >= 11 is 0. The fourth-order valence-corrected chi connectivity index (χ4v) is 4.51. The quantitative estimate of drug-likeness (QED) is 0.757. The van der Waals surface area contributed by atoms with Gasteiger partial charge in [0.25, 0.3) is 0 Å². The predicted molar refractivity (Wildman–Crippen MR) is 76.6 cm³/mol. The van der Waals surface area contributed by atoms with Crippen molar-refractivity contribution >= 4 is 0 Å². The molecule has 3 aliphatic rings. The van der Waals surface area contributed by atoms with E-state index in [9.17, 15) is 0 Å². The molecule has 2 unspecified atom stereocenters. The van der Waals surface area contributed by atoms with Crippen molar-refractivity contribution < 1.29 is 0 Å². The summed E-state index contributed by atoms with van der Waals surface area (Å²) in [4.78, 5) is 5.42. The van der Waals surface area contributed by atoms with Crippen LogP contribution in [0, 0.1) is 23.7 Å². The normalized spacial score (nSPS) is 38.3. The van der Waals surface area contributed by atoms with Gasteiger partial charge in [-0.25, -0.2) is 0 Å². The smallest absolute Gasteiger partial charge is 0.00385 e. The molecule has 2 nitrogen and oxygen atoms in total. The zero-order valence-corrected chi connectivity index (χ0v) is 12.4. The van der Waals surface area contributed by atoms with Crippen LogP contribution in [0.2, 0.25) is 0 Å². The average Bonchev–Trinajstić information content (AvgIpc) is 2.84. The first-order chi connectivity index (χ1) is 8.69. The molecule has 0 aromatic rings. The van der Waals surface area contributed by atoms with Crippen LogP contribution in [-0.4, -0.2) is 48.6 Å². The minimum Gasteiger partial charge on any atom is -0.302 e. The molecule has 0 radical (unpaired) electrons. The van der Waals surface area contributed by atoms with Gasteiger partial charge in [-0.15, -0.1) is 0 Å². The Labute approximate surface area is 113 Å². The molecule has 0 bridgehead atoms. The molecular formula is C16H30N2. The van der Waals surface area contributed by atoms with Crippen molar-refractivity contribution in [1.82, 2.24) is 9.80 Å². The van der Waals surface area contributed by atoms with Crippen LogP contribution in [0.25, 0.3) is 0 Å². The lowest BCUT2D eigenvalue weighted by Gasteiger charge is -2.36. The number of nitrogens with zero attached hydrogens (tertiary/aromatic N) is 2. The Balaban J connectivity index is 1.38. The molecule has 1 saturated carbocycles. The van der Waals surface area contributed by atoms with Crippen LogP contribution < -0.4 is 0 Å². The molecule has 3 rings (SSSR count). The molecule has 0 aromatic heterocycles. The molecule has 2 aliphatic heterocycles. The third-order valence-electron chi connectivity index (χ3n) is 5.81. The van der Waals surface area contributed by atoms with Crippen molar-refractivity contribution in [3.05, 3.63) is 0 Å². The van der Waals surface area contributed by atoms with Gasteiger partial charge in [-0.3, -0.25) is 0 Å². The molecule has 0 amide bonds. The lowest BCUT2D eigenvalue weighted by Crippen LogP contribution is -2.41. The Morgan fingerprint density at radius 3 is 2.17 bits per heavy atom. The maximum absolute atomic E-state index is 2.77. The Morgan fingerprint density at radius 1 is 1.06 bits per heavy atom. The van der Waals surface area contributed by atoms with E-state index >= 15 is 0 Å². The Bertz CT molecular complexity index is 269. The number of rotatable bonds is 4. The maximum Gasteiger partial charge on any atom is 0.00385 e. The first-order valence-corrected chi connectivity index (χ1v) is 8.15. The van der Waals surface area contributed by atoms with Gasteiger partial charge < -0.3 is 9.80 Å². The highest BCUT2D eigenvalue weighted by Crippen LogP contribution is 2.53. The van der Waals surface area contributed by atoms with E-state index in [-0.39, 0.29) is 0 Å². The van der Waals surface area contributed by atoms with E-state index in [1.807, 2.05) is 0 Å². The van der Waals surface area contributed by atoms with Crippen LogP contribution in [0.1, 0.15) is 40.0 Å². The first-order valence-electron chi connectivity index (χ1n) is 8.15. The first kappa shape index (κ1) is 12.9. The average molecular weight is 250 g/mol. The summed E-state index contributed by atoms with van der Waals surface area (Å²) in [5, 5.41) is 0. The lowest BCUT2D eigenvalue weighted by molar-refractivity contribution is 0.123. The predicted octanol–water partition coefficient (Wildman–Crippen LogP) is 2.69. The van der Waals surface area contributed by atoms with Crippen LogP contribution in [0.4, 0.5) is 0 Å². The lowest BCUT2D eigenvalue weighted by atomic mass is 9.95. The fraction of sp³-hybridized carbons (Fsp3) is 1.00. The largest absolute Gasteiger partial charge is 0.302 e. The van der Waals surface area contributed by atoms with E-state index in [2.05, 4.69) is 30.6 Å². The van der Waals surface area contributed by atoms with Gasteiger partial charge in [0.2, 0.25) is 0 Å². The Morgan fingerprint density at radius 2 is 1.67 bits per heavy atom. The molecule has 2 saturated heterocycles. The summed E-state index contributed by atoms with van der Waals surface area (Å²) < 4.78 is 0. The van der Waals surface area contributed by atoms with Crippen LogP contribution in [0.5, 0.6) is 0 Å². The number of hydrogen-bond donors (Lipinski definition) is 0. The summed E-state index contributed by atoms with van der Waals surface area (Å²) in [6.07, 6.45) is 4.29. The van der Waals surface area contributed by atoms with Crippen molar-refractivity contribution in [2.45, 2.75) is 46.1 Å². The van der Waals surface area contributed by atoms with Crippen LogP contribution in [0.3, 0.4) is 0 Å². The topological polar surface area (TPSA) is 6.48 Å². The number of likely N-dealkylation sites (tertiary alicyclic amines) is 2. The molecular weight excluding hydrogens is 220 g/mol. The molecule has 104 valence electrons.